The third-order valence-corrected chi connectivity index (χ3v) is 7.57. The Bertz CT molecular complexity index is 1230. The van der Waals surface area contributed by atoms with Crippen molar-refractivity contribution in [1.29, 1.82) is 0 Å². The number of benzene rings is 3. The molecule has 6 nitrogen and oxygen atoms in total. The highest BCUT2D eigenvalue weighted by Gasteiger charge is 2.36. The predicted molar refractivity (Wildman–Crippen MR) is 118 cm³/mol. The number of hydrogen-bond donors (Lipinski definition) is 0. The van der Waals surface area contributed by atoms with Gasteiger partial charge in [0.15, 0.2) is 0 Å². The van der Waals surface area contributed by atoms with Crippen LogP contribution in [-0.2, 0) is 21.8 Å². The molecule has 3 aromatic rings. The SMILES string of the molecule is O=C1CSC(c2cccc(C(F)(F)F)c2)N1c1ccc(S(=O)c2ccc([N+](=O)[O-])cc2)cc1. The highest BCUT2D eigenvalue weighted by Crippen LogP contribution is 2.43. The Morgan fingerprint density at radius 3 is 2.18 bits per heavy atom. The minimum absolute atomic E-state index is 0.114. The van der Waals surface area contributed by atoms with Gasteiger partial charge in [0.1, 0.15) is 5.37 Å². The lowest BCUT2D eigenvalue weighted by Gasteiger charge is -2.25. The minimum atomic E-state index is -4.49. The fourth-order valence-corrected chi connectivity index (χ4v) is 5.58. The highest BCUT2D eigenvalue weighted by molar-refractivity contribution is 8.00. The van der Waals surface area contributed by atoms with Crippen molar-refractivity contribution in [1.82, 2.24) is 0 Å². The molecule has 4 rings (SSSR count). The van der Waals surface area contributed by atoms with Crippen LogP contribution in [0.3, 0.4) is 0 Å². The first-order valence-electron chi connectivity index (χ1n) is 9.52. The molecule has 1 aliphatic heterocycles. The van der Waals surface area contributed by atoms with Gasteiger partial charge in [0.25, 0.3) is 5.69 Å². The lowest BCUT2D eigenvalue weighted by atomic mass is 10.1. The van der Waals surface area contributed by atoms with Crippen LogP contribution < -0.4 is 4.90 Å². The molecule has 1 heterocycles. The molecule has 3 aromatic carbocycles. The maximum atomic E-state index is 13.1. The van der Waals surface area contributed by atoms with Crippen molar-refractivity contribution in [3.05, 3.63) is 94.0 Å². The Hall–Kier alpha value is -3.18. The third kappa shape index (κ3) is 4.79. The van der Waals surface area contributed by atoms with Gasteiger partial charge in [0, 0.05) is 27.6 Å². The second kappa shape index (κ2) is 8.99. The van der Waals surface area contributed by atoms with Gasteiger partial charge in [-0.05, 0) is 54.1 Å². The van der Waals surface area contributed by atoms with Gasteiger partial charge in [-0.15, -0.1) is 11.8 Å². The molecule has 0 aliphatic carbocycles. The number of hydrogen-bond acceptors (Lipinski definition) is 5. The topological polar surface area (TPSA) is 80.5 Å². The molecule has 0 bridgehead atoms. The number of amides is 1. The van der Waals surface area contributed by atoms with E-state index < -0.39 is 32.8 Å². The summed E-state index contributed by atoms with van der Waals surface area (Å²) >= 11 is 1.23. The number of halogens is 3. The number of non-ortho nitro benzene ring substituents is 1. The van der Waals surface area contributed by atoms with Crippen molar-refractivity contribution in [2.45, 2.75) is 21.3 Å². The summed E-state index contributed by atoms with van der Waals surface area (Å²) in [6.07, 6.45) is -4.49. The van der Waals surface area contributed by atoms with Crippen LogP contribution in [0.2, 0.25) is 0 Å². The highest BCUT2D eigenvalue weighted by atomic mass is 32.2. The van der Waals surface area contributed by atoms with Gasteiger partial charge in [0.2, 0.25) is 5.91 Å². The van der Waals surface area contributed by atoms with Crippen LogP contribution in [0.5, 0.6) is 0 Å². The van der Waals surface area contributed by atoms with Crippen molar-refractivity contribution in [2.75, 3.05) is 10.7 Å². The van der Waals surface area contributed by atoms with Gasteiger partial charge in [-0.1, -0.05) is 12.1 Å². The van der Waals surface area contributed by atoms with Crippen LogP contribution >= 0.6 is 11.8 Å². The molecule has 0 saturated carbocycles. The first-order chi connectivity index (χ1) is 15.6. The average molecular weight is 493 g/mol. The van der Waals surface area contributed by atoms with Crippen LogP contribution in [-0.4, -0.2) is 20.8 Å². The van der Waals surface area contributed by atoms with Gasteiger partial charge in [-0.25, -0.2) is 4.21 Å². The summed E-state index contributed by atoms with van der Waals surface area (Å²) in [6, 6.07) is 16.5. The van der Waals surface area contributed by atoms with E-state index in [4.69, 9.17) is 0 Å². The quantitative estimate of drug-likeness (QED) is 0.344. The van der Waals surface area contributed by atoms with Crippen LogP contribution in [0.25, 0.3) is 0 Å². The zero-order chi connectivity index (χ0) is 23.8. The summed E-state index contributed by atoms with van der Waals surface area (Å²) in [6.45, 7) is 0. The molecule has 0 spiro atoms. The zero-order valence-electron chi connectivity index (χ0n) is 16.7. The van der Waals surface area contributed by atoms with Crippen molar-refractivity contribution >= 4 is 39.8 Å². The summed E-state index contributed by atoms with van der Waals surface area (Å²) in [5, 5.41) is 10.2. The third-order valence-electron chi connectivity index (χ3n) is 4.96. The Labute approximate surface area is 193 Å². The summed E-state index contributed by atoms with van der Waals surface area (Å²) < 4.78 is 52.2. The van der Waals surface area contributed by atoms with Crippen LogP contribution in [0, 0.1) is 10.1 Å². The summed E-state index contributed by atoms with van der Waals surface area (Å²) in [4.78, 5) is 25.0. The van der Waals surface area contributed by atoms with Crippen molar-refractivity contribution in [2.24, 2.45) is 0 Å². The monoisotopic (exact) mass is 492 g/mol. The molecule has 2 atom stereocenters. The van der Waals surface area contributed by atoms with Crippen LogP contribution in [0.15, 0.2) is 82.6 Å². The van der Waals surface area contributed by atoms with Crippen LogP contribution in [0.1, 0.15) is 16.5 Å². The van der Waals surface area contributed by atoms with E-state index >= 15 is 0 Å². The molecule has 1 amide bonds. The van der Waals surface area contributed by atoms with Gasteiger partial charge >= 0.3 is 6.18 Å². The van der Waals surface area contributed by atoms with Crippen molar-refractivity contribution < 1.29 is 27.1 Å². The van der Waals surface area contributed by atoms with E-state index in [0.717, 1.165) is 12.1 Å². The molecule has 170 valence electrons. The predicted octanol–water partition coefficient (Wildman–Crippen LogP) is 5.56. The zero-order valence-corrected chi connectivity index (χ0v) is 18.3. The number of nitro benzene ring substituents is 1. The van der Waals surface area contributed by atoms with E-state index in [0.29, 0.717) is 21.0 Å². The molecule has 1 fully saturated rings. The molecule has 11 heteroatoms. The number of alkyl halides is 3. The number of nitro groups is 1. The van der Waals surface area contributed by atoms with E-state index in [1.807, 2.05) is 0 Å². The van der Waals surface area contributed by atoms with Crippen molar-refractivity contribution in [3.63, 3.8) is 0 Å². The van der Waals surface area contributed by atoms with Gasteiger partial charge in [-0.2, -0.15) is 13.2 Å². The molecule has 0 N–H and O–H groups in total. The van der Waals surface area contributed by atoms with E-state index in [1.165, 1.54) is 47.0 Å². The standard InChI is InChI=1S/C22H15F3N2O4S2/c23-22(24,25)15-3-1-2-14(12-15)21-26(20(28)13-32-21)16-4-8-18(9-5-16)33(31)19-10-6-17(7-11-19)27(29)30/h1-12,21H,13H2. The number of anilines is 1. The fourth-order valence-electron chi connectivity index (χ4n) is 3.38. The maximum absolute atomic E-state index is 13.1. The van der Waals surface area contributed by atoms with Crippen molar-refractivity contribution in [3.8, 4) is 0 Å². The largest absolute Gasteiger partial charge is 0.416 e. The number of thioether (sulfide) groups is 1. The maximum Gasteiger partial charge on any atom is 0.416 e. The Kier molecular flexibility index (Phi) is 6.26. The van der Waals surface area contributed by atoms with E-state index in [-0.39, 0.29) is 17.3 Å². The Morgan fingerprint density at radius 2 is 1.61 bits per heavy atom. The smallest absolute Gasteiger partial charge is 0.295 e. The van der Waals surface area contributed by atoms with Gasteiger partial charge in [-0.3, -0.25) is 19.8 Å². The van der Waals surface area contributed by atoms with E-state index in [9.17, 15) is 32.3 Å². The second-order valence-electron chi connectivity index (χ2n) is 7.06. The van der Waals surface area contributed by atoms with Crippen LogP contribution in [0.4, 0.5) is 24.5 Å². The first kappa shape index (κ1) is 23.0. The Morgan fingerprint density at radius 1 is 1.00 bits per heavy atom. The summed E-state index contributed by atoms with van der Waals surface area (Å²) in [5.74, 6) is -0.121. The molecule has 0 aromatic heterocycles. The first-order valence-corrected chi connectivity index (χ1v) is 11.7. The number of rotatable bonds is 5. The molecule has 1 saturated heterocycles. The second-order valence-corrected chi connectivity index (χ2v) is 9.61. The molecule has 0 radical (unpaired) electrons. The van der Waals surface area contributed by atoms with Gasteiger partial charge < -0.3 is 0 Å². The van der Waals surface area contributed by atoms with E-state index in [2.05, 4.69) is 0 Å². The number of carbonyl (C=O) groups excluding carboxylic acids is 1. The summed E-state index contributed by atoms with van der Waals surface area (Å²) in [7, 11) is -1.60. The molecule has 33 heavy (non-hydrogen) atoms. The number of nitrogens with zero attached hydrogens (tertiary/aromatic N) is 2. The molecular weight excluding hydrogens is 477 g/mol. The Balaban J connectivity index is 1.59. The normalized spacial score (nSPS) is 17.2. The van der Waals surface area contributed by atoms with Gasteiger partial charge in [0.05, 0.1) is 27.0 Å². The lowest BCUT2D eigenvalue weighted by Crippen LogP contribution is -2.28. The fraction of sp³-hybridized carbons (Fsp3) is 0.136. The number of carbonyl (C=O) groups is 1. The summed E-state index contributed by atoms with van der Waals surface area (Å²) in [5.41, 5.74) is -0.0680. The average Bonchev–Trinajstić information content (AvgIpc) is 3.19. The minimum Gasteiger partial charge on any atom is -0.295 e. The molecule has 1 aliphatic rings. The van der Waals surface area contributed by atoms with E-state index in [1.54, 1.807) is 30.3 Å². The molecular formula is C22H15F3N2O4S2. The molecule has 2 unspecified atom stereocenters. The lowest BCUT2D eigenvalue weighted by molar-refractivity contribution is -0.384.